The van der Waals surface area contributed by atoms with E-state index in [1.807, 2.05) is 36.4 Å². The van der Waals surface area contributed by atoms with Gasteiger partial charge in [0.2, 0.25) is 6.41 Å². The van der Waals surface area contributed by atoms with Crippen molar-refractivity contribution >= 4 is 18.3 Å². The quantitative estimate of drug-likeness (QED) is 0.160. The molecule has 0 unspecified atom stereocenters. The molecule has 2 aromatic carbocycles. The minimum Gasteiger partial charge on any atom is -0.491 e. The van der Waals surface area contributed by atoms with Crippen molar-refractivity contribution in [3.05, 3.63) is 48.5 Å². The summed E-state index contributed by atoms with van der Waals surface area (Å²) in [4.78, 5) is 36.5. The first-order chi connectivity index (χ1) is 16.3. The Labute approximate surface area is 198 Å². The van der Waals surface area contributed by atoms with Gasteiger partial charge < -0.3 is 19.1 Å². The van der Waals surface area contributed by atoms with Crippen LogP contribution in [-0.4, -0.2) is 78.6 Å². The number of ether oxygens (including phenoxy) is 3. The van der Waals surface area contributed by atoms with Crippen LogP contribution in [0.2, 0.25) is 0 Å². The molecule has 4 amide bonds. The molecule has 1 atom stereocenters. The van der Waals surface area contributed by atoms with Gasteiger partial charge >= 0.3 is 6.03 Å². The van der Waals surface area contributed by atoms with Gasteiger partial charge in [-0.2, -0.15) is 0 Å². The number of imide groups is 1. The molecule has 1 aliphatic rings. The number of benzene rings is 2. The summed E-state index contributed by atoms with van der Waals surface area (Å²) in [6.07, 6.45) is 0.239. The monoisotopic (exact) mass is 471 g/mol. The van der Waals surface area contributed by atoms with Crippen molar-refractivity contribution in [3.63, 3.8) is 0 Å². The second-order valence-corrected chi connectivity index (χ2v) is 8.27. The van der Waals surface area contributed by atoms with E-state index >= 15 is 0 Å². The predicted molar refractivity (Wildman–Crippen MR) is 123 cm³/mol. The number of rotatable bonds is 12. The van der Waals surface area contributed by atoms with Crippen LogP contribution < -0.4 is 14.8 Å². The molecular weight excluding hydrogens is 442 g/mol. The lowest BCUT2D eigenvalue weighted by Gasteiger charge is -2.33. The molecule has 1 aliphatic heterocycles. The van der Waals surface area contributed by atoms with Crippen LogP contribution in [-0.2, 0) is 14.3 Å². The Morgan fingerprint density at radius 3 is 2.03 bits per heavy atom. The summed E-state index contributed by atoms with van der Waals surface area (Å²) in [5, 5.41) is 12.7. The molecule has 0 radical (unpaired) electrons. The number of hydrogen-bond acceptors (Lipinski definition) is 7. The molecule has 182 valence electrons. The lowest BCUT2D eigenvalue weighted by molar-refractivity contribution is -0.165. The average molecular weight is 472 g/mol. The van der Waals surface area contributed by atoms with Gasteiger partial charge in [-0.05, 0) is 49.2 Å². The summed E-state index contributed by atoms with van der Waals surface area (Å²) >= 11 is 0. The Bertz CT molecular complexity index is 993. The van der Waals surface area contributed by atoms with Crippen LogP contribution in [0.4, 0.5) is 4.79 Å². The highest BCUT2D eigenvalue weighted by molar-refractivity contribution is 6.06. The third kappa shape index (κ3) is 5.83. The van der Waals surface area contributed by atoms with Gasteiger partial charge in [-0.3, -0.25) is 20.1 Å². The van der Waals surface area contributed by atoms with Gasteiger partial charge in [0.1, 0.15) is 36.3 Å². The van der Waals surface area contributed by atoms with Gasteiger partial charge in [-0.1, -0.05) is 24.3 Å². The normalized spacial score (nSPS) is 15.6. The zero-order valence-electron chi connectivity index (χ0n) is 19.4. The smallest absolute Gasteiger partial charge is 0.325 e. The van der Waals surface area contributed by atoms with Gasteiger partial charge in [-0.15, -0.1) is 0 Å². The number of carbonyl (C=O) groups excluding carboxylic acids is 3. The highest BCUT2D eigenvalue weighted by Gasteiger charge is 2.46. The molecule has 0 aliphatic carbocycles. The second kappa shape index (κ2) is 11.0. The highest BCUT2D eigenvalue weighted by atomic mass is 16.5. The van der Waals surface area contributed by atoms with Crippen molar-refractivity contribution in [1.29, 1.82) is 0 Å². The fourth-order valence-electron chi connectivity index (χ4n) is 3.44. The lowest BCUT2D eigenvalue weighted by Crippen LogP contribution is -2.52. The molecule has 0 bridgehead atoms. The molecule has 2 aromatic rings. The molecule has 0 saturated carbocycles. The van der Waals surface area contributed by atoms with E-state index < -0.39 is 23.5 Å². The van der Waals surface area contributed by atoms with E-state index in [-0.39, 0.29) is 19.6 Å². The number of carbonyl (C=O) groups is 3. The van der Waals surface area contributed by atoms with Crippen LogP contribution in [0.3, 0.4) is 0 Å². The van der Waals surface area contributed by atoms with Crippen molar-refractivity contribution in [2.45, 2.75) is 25.4 Å². The lowest BCUT2D eigenvalue weighted by atomic mass is 10.0. The summed E-state index contributed by atoms with van der Waals surface area (Å²) in [7, 11) is 1.62. The summed E-state index contributed by atoms with van der Waals surface area (Å²) in [5.41, 5.74) is 0.862. The third-order valence-corrected chi connectivity index (χ3v) is 5.61. The second-order valence-electron chi connectivity index (χ2n) is 8.27. The van der Waals surface area contributed by atoms with Crippen molar-refractivity contribution in [1.82, 2.24) is 15.3 Å². The summed E-state index contributed by atoms with van der Waals surface area (Å²) in [6, 6.07) is 13.5. The molecule has 0 aromatic heterocycles. The van der Waals surface area contributed by atoms with E-state index in [9.17, 15) is 19.6 Å². The maximum Gasteiger partial charge on any atom is 0.325 e. The van der Waals surface area contributed by atoms with Crippen molar-refractivity contribution in [3.8, 4) is 22.6 Å². The third-order valence-electron chi connectivity index (χ3n) is 5.61. The number of hydroxylamine groups is 2. The van der Waals surface area contributed by atoms with Gasteiger partial charge in [0.25, 0.3) is 5.91 Å². The maximum atomic E-state index is 12.1. The molecule has 34 heavy (non-hydrogen) atoms. The SMILES string of the molecule is COCCOc1ccc(-c2ccc(OC[C@@H](CN3C(=O)NC(=O)C3(C)C)N(O)C=O)cc2)cc1. The predicted octanol–water partition coefficient (Wildman–Crippen LogP) is 2.30. The molecule has 10 heteroatoms. The van der Waals surface area contributed by atoms with Crippen LogP contribution in [0.15, 0.2) is 48.5 Å². The Kier molecular flexibility index (Phi) is 8.08. The van der Waals surface area contributed by atoms with Crippen molar-refractivity contribution < 1.29 is 33.8 Å². The van der Waals surface area contributed by atoms with Crippen LogP contribution in [0.5, 0.6) is 11.5 Å². The fourth-order valence-corrected chi connectivity index (χ4v) is 3.44. The van der Waals surface area contributed by atoms with E-state index in [0.29, 0.717) is 24.0 Å². The molecule has 0 spiro atoms. The Morgan fingerprint density at radius 1 is 1.00 bits per heavy atom. The Hall–Kier alpha value is -3.63. The number of urea groups is 1. The van der Waals surface area contributed by atoms with Crippen LogP contribution in [0.1, 0.15) is 13.8 Å². The van der Waals surface area contributed by atoms with E-state index in [2.05, 4.69) is 5.32 Å². The van der Waals surface area contributed by atoms with E-state index in [4.69, 9.17) is 14.2 Å². The largest absolute Gasteiger partial charge is 0.491 e. The topological polar surface area (TPSA) is 118 Å². The summed E-state index contributed by atoms with van der Waals surface area (Å²) in [6.45, 7) is 4.00. The first-order valence-corrected chi connectivity index (χ1v) is 10.8. The zero-order valence-corrected chi connectivity index (χ0v) is 19.4. The molecule has 1 fully saturated rings. The standard InChI is InChI=1S/C24H29N3O7/c1-24(2)22(29)25-23(30)26(24)14-19(27(31)16-28)15-34-21-10-6-18(7-11-21)17-4-8-20(9-5-17)33-13-12-32-3/h4-11,16,19,31H,12-15H2,1-3H3,(H,25,29,30)/t19-/m1/s1. The Morgan fingerprint density at radius 2 is 1.56 bits per heavy atom. The van der Waals surface area contributed by atoms with E-state index in [0.717, 1.165) is 16.9 Å². The van der Waals surface area contributed by atoms with Crippen LogP contribution in [0.25, 0.3) is 11.1 Å². The molecule has 1 heterocycles. The number of hydrogen-bond donors (Lipinski definition) is 2. The van der Waals surface area contributed by atoms with Crippen molar-refractivity contribution in [2.75, 3.05) is 33.5 Å². The molecular formula is C24H29N3O7. The summed E-state index contributed by atoms with van der Waals surface area (Å²) < 4.78 is 16.3. The average Bonchev–Trinajstić information content (AvgIpc) is 3.03. The number of nitrogens with one attached hydrogen (secondary N) is 1. The first kappa shape index (κ1) is 25.0. The summed E-state index contributed by atoms with van der Waals surface area (Å²) in [5.74, 6) is 0.832. The molecule has 2 N–H and O–H groups in total. The fraction of sp³-hybridized carbons (Fsp3) is 0.375. The van der Waals surface area contributed by atoms with Crippen molar-refractivity contribution in [2.24, 2.45) is 0 Å². The minimum atomic E-state index is -1.11. The first-order valence-electron chi connectivity index (χ1n) is 10.8. The number of nitrogens with zero attached hydrogens (tertiary/aromatic N) is 2. The zero-order chi connectivity index (χ0) is 24.7. The highest BCUT2D eigenvalue weighted by Crippen LogP contribution is 2.25. The van der Waals surface area contributed by atoms with Gasteiger partial charge in [-0.25, -0.2) is 9.86 Å². The number of methoxy groups -OCH3 is 1. The van der Waals surface area contributed by atoms with Gasteiger partial charge in [0.15, 0.2) is 0 Å². The van der Waals surface area contributed by atoms with Crippen LogP contribution in [0, 0.1) is 0 Å². The molecule has 3 rings (SSSR count). The Balaban J connectivity index is 1.61. The van der Waals surface area contributed by atoms with Crippen LogP contribution >= 0.6 is 0 Å². The molecule has 10 nitrogen and oxygen atoms in total. The number of amides is 4. The van der Waals surface area contributed by atoms with Gasteiger partial charge in [0.05, 0.1) is 6.61 Å². The minimum absolute atomic E-state index is 0.0866. The van der Waals surface area contributed by atoms with E-state index in [1.165, 1.54) is 4.90 Å². The maximum absolute atomic E-state index is 12.1. The molecule has 1 saturated heterocycles. The van der Waals surface area contributed by atoms with E-state index in [1.54, 1.807) is 33.1 Å². The van der Waals surface area contributed by atoms with Gasteiger partial charge in [0, 0.05) is 13.7 Å².